The molecule has 2 aromatic heterocycles. The zero-order chi connectivity index (χ0) is 11.5. The van der Waals surface area contributed by atoms with Crippen LogP contribution < -0.4 is 5.32 Å². The highest BCUT2D eigenvalue weighted by atomic mass is 16.4. The average molecular weight is 219 g/mol. The summed E-state index contributed by atoms with van der Waals surface area (Å²) in [6, 6.07) is 5.31. The quantitative estimate of drug-likeness (QED) is 0.812. The van der Waals surface area contributed by atoms with Crippen LogP contribution in [0.15, 0.2) is 28.8 Å². The molecule has 2 rings (SSSR count). The van der Waals surface area contributed by atoms with E-state index in [2.05, 4.69) is 15.3 Å². The first kappa shape index (κ1) is 10.2. The van der Waals surface area contributed by atoms with Crippen LogP contribution in [0.5, 0.6) is 0 Å². The number of aromatic nitrogens is 2. The van der Waals surface area contributed by atoms with Crippen LogP contribution in [0.2, 0.25) is 0 Å². The molecule has 0 atom stereocenters. The summed E-state index contributed by atoms with van der Waals surface area (Å²) in [4.78, 5) is 19.0. The van der Waals surface area contributed by atoms with Crippen molar-refractivity contribution in [1.29, 1.82) is 0 Å². The predicted molar refractivity (Wildman–Crippen MR) is 56.2 cm³/mol. The smallest absolute Gasteiger partial charge is 0.374 e. The number of aromatic carboxylic acids is 1. The third-order valence-corrected chi connectivity index (χ3v) is 1.94. The van der Waals surface area contributed by atoms with Crippen LogP contribution in [0.3, 0.4) is 0 Å². The van der Waals surface area contributed by atoms with E-state index in [1.54, 1.807) is 31.4 Å². The van der Waals surface area contributed by atoms with E-state index in [1.807, 2.05) is 0 Å². The van der Waals surface area contributed by atoms with Crippen molar-refractivity contribution >= 4 is 12.0 Å². The third-order valence-electron chi connectivity index (χ3n) is 1.94. The van der Waals surface area contributed by atoms with Crippen molar-refractivity contribution in [2.75, 3.05) is 12.4 Å². The molecule has 2 heterocycles. The molecule has 0 aliphatic heterocycles. The normalized spacial score (nSPS) is 10.1. The van der Waals surface area contributed by atoms with Crippen LogP contribution in [0.4, 0.5) is 6.01 Å². The number of nitrogens with zero attached hydrogens (tertiary/aromatic N) is 2. The van der Waals surface area contributed by atoms with Crippen molar-refractivity contribution in [2.45, 2.75) is 0 Å². The minimum absolute atomic E-state index is 0.151. The molecule has 0 bridgehead atoms. The first-order chi connectivity index (χ1) is 7.72. The zero-order valence-corrected chi connectivity index (χ0v) is 8.47. The van der Waals surface area contributed by atoms with Gasteiger partial charge in [-0.15, -0.1) is 0 Å². The molecule has 82 valence electrons. The van der Waals surface area contributed by atoms with Gasteiger partial charge >= 0.3 is 5.97 Å². The number of pyridine rings is 1. The van der Waals surface area contributed by atoms with Gasteiger partial charge in [0.05, 0.1) is 5.69 Å². The largest absolute Gasteiger partial charge is 0.475 e. The predicted octanol–water partition coefficient (Wildman–Crippen LogP) is 1.48. The highest BCUT2D eigenvalue weighted by Crippen LogP contribution is 2.24. The van der Waals surface area contributed by atoms with Crippen LogP contribution >= 0.6 is 0 Å². The maximum atomic E-state index is 10.9. The van der Waals surface area contributed by atoms with Gasteiger partial charge in [-0.25, -0.2) is 4.79 Å². The minimum Gasteiger partial charge on any atom is -0.475 e. The van der Waals surface area contributed by atoms with Crippen molar-refractivity contribution in [3.05, 3.63) is 30.2 Å². The number of anilines is 1. The van der Waals surface area contributed by atoms with Gasteiger partial charge in [0.25, 0.3) is 6.01 Å². The van der Waals surface area contributed by atoms with Gasteiger partial charge in [-0.3, -0.25) is 4.98 Å². The van der Waals surface area contributed by atoms with Gasteiger partial charge in [0.2, 0.25) is 5.76 Å². The molecule has 2 aromatic rings. The van der Waals surface area contributed by atoms with Crippen LogP contribution in [-0.2, 0) is 0 Å². The number of oxazole rings is 1. The highest BCUT2D eigenvalue weighted by molar-refractivity contribution is 5.91. The summed E-state index contributed by atoms with van der Waals surface area (Å²) < 4.78 is 5.02. The van der Waals surface area contributed by atoms with Crippen LogP contribution in [0.1, 0.15) is 10.6 Å². The van der Waals surface area contributed by atoms with Crippen LogP contribution in [0, 0.1) is 0 Å². The Balaban J connectivity index is 2.55. The Hall–Kier alpha value is -2.37. The van der Waals surface area contributed by atoms with Crippen molar-refractivity contribution in [3.63, 3.8) is 0 Å². The molecule has 2 N–H and O–H groups in total. The van der Waals surface area contributed by atoms with E-state index < -0.39 is 5.97 Å². The van der Waals surface area contributed by atoms with Crippen molar-refractivity contribution in [2.24, 2.45) is 0 Å². The van der Waals surface area contributed by atoms with Gasteiger partial charge in [-0.05, 0) is 12.1 Å². The number of carbonyl (C=O) groups is 1. The second-order valence-electron chi connectivity index (χ2n) is 2.97. The Kier molecular flexibility index (Phi) is 2.55. The van der Waals surface area contributed by atoms with Crippen molar-refractivity contribution in [1.82, 2.24) is 9.97 Å². The fourth-order valence-electron chi connectivity index (χ4n) is 1.25. The van der Waals surface area contributed by atoms with E-state index >= 15 is 0 Å². The van der Waals surface area contributed by atoms with E-state index in [0.717, 1.165) is 0 Å². The third kappa shape index (κ3) is 1.72. The van der Waals surface area contributed by atoms with Gasteiger partial charge < -0.3 is 14.8 Å². The molecule has 0 spiro atoms. The summed E-state index contributed by atoms with van der Waals surface area (Å²) in [5.74, 6) is -1.39. The molecule has 0 radical (unpaired) electrons. The summed E-state index contributed by atoms with van der Waals surface area (Å²) in [6.07, 6.45) is 1.56. The Morgan fingerprint density at radius 3 is 2.88 bits per heavy atom. The molecule has 0 amide bonds. The number of carboxylic acid groups (broad SMARTS) is 1. The first-order valence-corrected chi connectivity index (χ1v) is 4.55. The SMILES string of the molecule is CNc1nc(-c2ccccn2)c(C(=O)O)o1. The second-order valence-corrected chi connectivity index (χ2v) is 2.97. The lowest BCUT2D eigenvalue weighted by molar-refractivity contribution is 0.0664. The van der Waals surface area contributed by atoms with E-state index in [4.69, 9.17) is 9.52 Å². The maximum Gasteiger partial charge on any atom is 0.374 e. The summed E-state index contributed by atoms with van der Waals surface area (Å²) in [6.45, 7) is 0. The van der Waals surface area contributed by atoms with Gasteiger partial charge in [-0.2, -0.15) is 4.98 Å². The molecule has 6 nitrogen and oxygen atoms in total. The lowest BCUT2D eigenvalue weighted by Gasteiger charge is -1.94. The Morgan fingerprint density at radius 1 is 1.50 bits per heavy atom. The van der Waals surface area contributed by atoms with Crippen molar-refractivity contribution in [3.8, 4) is 11.4 Å². The number of carboxylic acids is 1. The summed E-state index contributed by atoms with van der Waals surface area (Å²) >= 11 is 0. The van der Waals surface area contributed by atoms with Gasteiger partial charge in [0.1, 0.15) is 5.69 Å². The molecule has 0 saturated heterocycles. The molecular formula is C10H9N3O3. The number of hydrogen-bond acceptors (Lipinski definition) is 5. The van der Waals surface area contributed by atoms with Gasteiger partial charge in [0.15, 0.2) is 0 Å². The molecule has 6 heteroatoms. The summed E-state index contributed by atoms with van der Waals surface area (Å²) in [5, 5.41) is 11.6. The molecule has 16 heavy (non-hydrogen) atoms. The standard InChI is InChI=1S/C10H9N3O3/c1-11-10-13-7(8(16-10)9(14)15)6-4-2-3-5-12-6/h2-5H,1H3,(H,11,13)(H,14,15). The molecule has 0 fully saturated rings. The second kappa shape index (κ2) is 4.01. The topological polar surface area (TPSA) is 88.2 Å². The average Bonchev–Trinajstić information content (AvgIpc) is 2.74. The Labute approximate surface area is 91.0 Å². The minimum atomic E-state index is -1.17. The molecule has 0 saturated carbocycles. The van der Waals surface area contributed by atoms with Gasteiger partial charge in [-0.1, -0.05) is 6.07 Å². The zero-order valence-electron chi connectivity index (χ0n) is 8.47. The van der Waals surface area contributed by atoms with Gasteiger partial charge in [0, 0.05) is 13.2 Å². The van der Waals surface area contributed by atoms with Crippen LogP contribution in [0.25, 0.3) is 11.4 Å². The molecule has 0 aliphatic carbocycles. The maximum absolute atomic E-state index is 10.9. The first-order valence-electron chi connectivity index (χ1n) is 4.55. The van der Waals surface area contributed by atoms with Crippen molar-refractivity contribution < 1.29 is 14.3 Å². The Bertz CT molecular complexity index is 507. The molecule has 0 unspecified atom stereocenters. The lowest BCUT2D eigenvalue weighted by atomic mass is 10.2. The number of hydrogen-bond donors (Lipinski definition) is 2. The summed E-state index contributed by atoms with van der Waals surface area (Å²) in [5.41, 5.74) is 0.683. The van der Waals surface area contributed by atoms with E-state index in [0.29, 0.717) is 5.69 Å². The fourth-order valence-corrected chi connectivity index (χ4v) is 1.25. The molecule has 0 aromatic carbocycles. The van der Waals surface area contributed by atoms with E-state index in [9.17, 15) is 4.79 Å². The number of nitrogens with one attached hydrogen (secondary N) is 1. The van der Waals surface area contributed by atoms with Crippen LogP contribution in [-0.4, -0.2) is 28.1 Å². The fraction of sp³-hybridized carbons (Fsp3) is 0.100. The number of rotatable bonds is 3. The highest BCUT2D eigenvalue weighted by Gasteiger charge is 2.21. The van der Waals surface area contributed by atoms with E-state index in [1.165, 1.54) is 0 Å². The van der Waals surface area contributed by atoms with E-state index in [-0.39, 0.29) is 17.5 Å². The molecule has 0 aliphatic rings. The lowest BCUT2D eigenvalue weighted by Crippen LogP contribution is -1.97. The Morgan fingerprint density at radius 2 is 2.31 bits per heavy atom. The summed E-state index contributed by atoms with van der Waals surface area (Å²) in [7, 11) is 1.60. The monoisotopic (exact) mass is 219 g/mol. The molecular weight excluding hydrogens is 210 g/mol.